The van der Waals surface area contributed by atoms with Crippen molar-refractivity contribution in [2.75, 3.05) is 5.32 Å². The van der Waals surface area contributed by atoms with Gasteiger partial charge in [0, 0.05) is 18.0 Å². The van der Waals surface area contributed by atoms with Crippen LogP contribution in [0.3, 0.4) is 0 Å². The van der Waals surface area contributed by atoms with Crippen molar-refractivity contribution in [1.82, 2.24) is 4.98 Å². The molecule has 1 amide bonds. The zero-order chi connectivity index (χ0) is 13.1. The second-order valence-electron chi connectivity index (χ2n) is 3.52. The molecule has 2 N–H and O–H groups in total. The van der Waals surface area contributed by atoms with Crippen LogP contribution in [-0.2, 0) is 0 Å². The molecule has 6 heteroatoms. The Hall–Kier alpha value is -2.14. The van der Waals surface area contributed by atoms with Gasteiger partial charge in [-0.25, -0.2) is 4.39 Å². The fourth-order valence-electron chi connectivity index (χ4n) is 1.33. The largest absolute Gasteiger partial charge is 0.328 e. The van der Waals surface area contributed by atoms with Gasteiger partial charge in [-0.15, -0.1) is 0 Å². The summed E-state index contributed by atoms with van der Waals surface area (Å²) < 4.78 is 13.2. The van der Waals surface area contributed by atoms with E-state index in [1.807, 2.05) is 0 Å². The number of benzene rings is 1. The molecular weight excluding hydrogens is 259 g/mol. The van der Waals surface area contributed by atoms with Gasteiger partial charge in [0.1, 0.15) is 5.82 Å². The second-order valence-corrected chi connectivity index (χ2v) is 3.93. The van der Waals surface area contributed by atoms with E-state index in [0.29, 0.717) is 0 Å². The molecule has 0 radical (unpaired) electrons. The summed E-state index contributed by atoms with van der Waals surface area (Å²) in [6.07, 6.45) is 1.28. The van der Waals surface area contributed by atoms with Crippen LogP contribution < -0.4 is 10.9 Å². The highest BCUT2D eigenvalue weighted by Crippen LogP contribution is 2.19. The topological polar surface area (TPSA) is 62.0 Å². The third-order valence-corrected chi connectivity index (χ3v) is 2.53. The van der Waals surface area contributed by atoms with Crippen molar-refractivity contribution in [2.45, 2.75) is 0 Å². The number of H-pyrrole nitrogens is 1. The number of aromatic nitrogens is 1. The van der Waals surface area contributed by atoms with Gasteiger partial charge in [0.05, 0.1) is 10.6 Å². The lowest BCUT2D eigenvalue weighted by Crippen LogP contribution is -2.14. The minimum atomic E-state index is -0.615. The van der Waals surface area contributed by atoms with E-state index < -0.39 is 11.7 Å². The van der Waals surface area contributed by atoms with E-state index in [9.17, 15) is 14.0 Å². The highest BCUT2D eigenvalue weighted by atomic mass is 35.5. The van der Waals surface area contributed by atoms with Crippen LogP contribution in [0, 0.1) is 5.82 Å². The monoisotopic (exact) mass is 266 g/mol. The lowest BCUT2D eigenvalue weighted by molar-refractivity contribution is 0.102. The normalized spacial score (nSPS) is 10.1. The number of carbonyl (C=O) groups is 1. The van der Waals surface area contributed by atoms with Crippen molar-refractivity contribution >= 4 is 23.2 Å². The number of rotatable bonds is 2. The van der Waals surface area contributed by atoms with Gasteiger partial charge in [0.2, 0.25) is 5.56 Å². The Kier molecular flexibility index (Phi) is 3.43. The van der Waals surface area contributed by atoms with Crippen LogP contribution in [0.1, 0.15) is 10.4 Å². The summed E-state index contributed by atoms with van der Waals surface area (Å²) >= 11 is 5.52. The Morgan fingerprint density at radius 1 is 1.28 bits per heavy atom. The minimum absolute atomic E-state index is 0.0166. The van der Waals surface area contributed by atoms with Crippen molar-refractivity contribution in [1.29, 1.82) is 0 Å². The number of amides is 1. The summed E-state index contributed by atoms with van der Waals surface area (Å²) in [4.78, 5) is 24.9. The molecule has 0 bridgehead atoms. The molecule has 0 saturated carbocycles. The number of pyridine rings is 1. The van der Waals surface area contributed by atoms with Crippen molar-refractivity contribution < 1.29 is 9.18 Å². The maximum Gasteiger partial charge on any atom is 0.257 e. The lowest BCUT2D eigenvalue weighted by Gasteiger charge is -2.05. The number of hydrogen-bond donors (Lipinski definition) is 2. The maximum absolute atomic E-state index is 13.2. The highest BCUT2D eigenvalue weighted by molar-refractivity contribution is 6.30. The van der Waals surface area contributed by atoms with Gasteiger partial charge in [0.25, 0.3) is 5.91 Å². The number of anilines is 1. The Labute approximate surface area is 106 Å². The number of halogens is 2. The van der Waals surface area contributed by atoms with Crippen LogP contribution in [0.5, 0.6) is 0 Å². The molecule has 2 rings (SSSR count). The molecule has 1 aromatic carbocycles. The standard InChI is InChI=1S/C12H8ClFN2O2/c13-9-3-2-8(5-10(9)14)16-12(18)7-1-4-11(17)15-6-7/h1-6H,(H,15,17)(H,16,18). The predicted molar refractivity (Wildman–Crippen MR) is 66.4 cm³/mol. The van der Waals surface area contributed by atoms with Gasteiger partial charge in [0.15, 0.2) is 0 Å². The Morgan fingerprint density at radius 3 is 2.67 bits per heavy atom. The van der Waals surface area contributed by atoms with Gasteiger partial charge in [-0.2, -0.15) is 0 Å². The van der Waals surface area contributed by atoms with Crippen molar-refractivity contribution in [3.05, 3.63) is 63.3 Å². The molecule has 0 saturated heterocycles. The Bertz CT molecular complexity index is 634. The Morgan fingerprint density at radius 2 is 2.06 bits per heavy atom. The molecule has 0 atom stereocenters. The molecule has 18 heavy (non-hydrogen) atoms. The fourth-order valence-corrected chi connectivity index (χ4v) is 1.45. The van der Waals surface area contributed by atoms with Crippen LogP contribution in [0.15, 0.2) is 41.3 Å². The summed E-state index contributed by atoms with van der Waals surface area (Å²) in [5.41, 5.74) is 0.252. The van der Waals surface area contributed by atoms with E-state index in [1.54, 1.807) is 0 Å². The van der Waals surface area contributed by atoms with Crippen LogP contribution >= 0.6 is 11.6 Å². The van der Waals surface area contributed by atoms with Gasteiger partial charge < -0.3 is 10.3 Å². The first-order valence-corrected chi connectivity index (χ1v) is 5.39. The molecule has 92 valence electrons. The maximum atomic E-state index is 13.2. The summed E-state index contributed by atoms with van der Waals surface area (Å²) in [5.74, 6) is -1.07. The SMILES string of the molecule is O=C(Nc1ccc(Cl)c(F)c1)c1ccc(=O)[nH]c1. The minimum Gasteiger partial charge on any atom is -0.328 e. The molecule has 2 aromatic rings. The van der Waals surface area contributed by atoms with E-state index in [1.165, 1.54) is 30.5 Å². The van der Waals surface area contributed by atoms with Gasteiger partial charge >= 0.3 is 0 Å². The van der Waals surface area contributed by atoms with Crippen molar-refractivity contribution in [3.8, 4) is 0 Å². The molecule has 1 heterocycles. The third kappa shape index (κ3) is 2.75. The van der Waals surface area contributed by atoms with E-state index >= 15 is 0 Å². The van der Waals surface area contributed by atoms with E-state index in [-0.39, 0.29) is 21.8 Å². The van der Waals surface area contributed by atoms with Gasteiger partial charge in [-0.1, -0.05) is 11.6 Å². The summed E-state index contributed by atoms with van der Waals surface area (Å²) in [6, 6.07) is 6.55. The molecule has 0 aliphatic carbocycles. The average molecular weight is 267 g/mol. The molecule has 4 nitrogen and oxygen atoms in total. The molecule has 0 spiro atoms. The third-order valence-electron chi connectivity index (χ3n) is 2.22. The van der Waals surface area contributed by atoms with Gasteiger partial charge in [-0.3, -0.25) is 9.59 Å². The number of carbonyl (C=O) groups excluding carboxylic acids is 1. The van der Waals surface area contributed by atoms with E-state index in [0.717, 1.165) is 6.07 Å². The van der Waals surface area contributed by atoms with E-state index in [2.05, 4.69) is 10.3 Å². The quantitative estimate of drug-likeness (QED) is 0.877. The molecule has 0 aliphatic heterocycles. The first-order valence-electron chi connectivity index (χ1n) is 5.01. The first kappa shape index (κ1) is 12.3. The lowest BCUT2D eigenvalue weighted by atomic mass is 10.2. The molecular formula is C12H8ClFN2O2. The van der Waals surface area contributed by atoms with Crippen LogP contribution in [0.4, 0.5) is 10.1 Å². The first-order chi connectivity index (χ1) is 8.56. The van der Waals surface area contributed by atoms with Crippen molar-refractivity contribution in [2.24, 2.45) is 0 Å². The summed E-state index contributed by atoms with van der Waals surface area (Å²) in [5, 5.41) is 2.47. The van der Waals surface area contributed by atoms with Crippen LogP contribution in [-0.4, -0.2) is 10.9 Å². The highest BCUT2D eigenvalue weighted by Gasteiger charge is 2.07. The number of hydrogen-bond acceptors (Lipinski definition) is 2. The van der Waals surface area contributed by atoms with E-state index in [4.69, 9.17) is 11.6 Å². The number of aromatic amines is 1. The predicted octanol–water partition coefficient (Wildman–Crippen LogP) is 2.42. The Balaban J connectivity index is 2.18. The van der Waals surface area contributed by atoms with Crippen LogP contribution in [0.25, 0.3) is 0 Å². The summed E-state index contributed by atoms with van der Waals surface area (Å²) in [7, 11) is 0. The molecule has 0 aliphatic rings. The zero-order valence-electron chi connectivity index (χ0n) is 9.04. The molecule has 0 unspecified atom stereocenters. The van der Waals surface area contributed by atoms with Crippen LogP contribution in [0.2, 0.25) is 5.02 Å². The average Bonchev–Trinajstić information content (AvgIpc) is 2.34. The molecule has 0 fully saturated rings. The van der Waals surface area contributed by atoms with Gasteiger partial charge in [-0.05, 0) is 24.3 Å². The fraction of sp³-hybridized carbons (Fsp3) is 0. The second kappa shape index (κ2) is 5.01. The smallest absolute Gasteiger partial charge is 0.257 e. The molecule has 1 aromatic heterocycles. The number of nitrogens with one attached hydrogen (secondary N) is 2. The van der Waals surface area contributed by atoms with Crippen molar-refractivity contribution in [3.63, 3.8) is 0 Å². The summed E-state index contributed by atoms with van der Waals surface area (Å²) in [6.45, 7) is 0. The zero-order valence-corrected chi connectivity index (χ0v) is 9.79.